The highest BCUT2D eigenvalue weighted by molar-refractivity contribution is 5.93. The minimum atomic E-state index is -1.27. The van der Waals surface area contributed by atoms with E-state index in [1.807, 2.05) is 19.1 Å². The molecule has 1 aliphatic rings. The van der Waals surface area contributed by atoms with Gasteiger partial charge >= 0.3 is 11.9 Å². The molecule has 0 fully saturated rings. The first-order chi connectivity index (χ1) is 19.3. The molecule has 9 heteroatoms. The Morgan fingerprint density at radius 1 is 1.02 bits per heavy atom. The maximum Gasteiger partial charge on any atom is 0.352 e. The SMILES string of the molecule is C=CCOc1ccc2c(c1)c(=O)c(Cc1cccc(C(=O)O)c1)c(C(=O)O)n2Cc1cc2c(cc1CC)OCO2. The van der Waals surface area contributed by atoms with Crippen LogP contribution in [0.4, 0.5) is 0 Å². The van der Waals surface area contributed by atoms with Crippen LogP contribution in [0.15, 0.2) is 72.0 Å². The van der Waals surface area contributed by atoms with Crippen molar-refractivity contribution in [1.82, 2.24) is 4.57 Å². The lowest BCUT2D eigenvalue weighted by Crippen LogP contribution is -2.25. The first kappa shape index (κ1) is 26.6. The lowest BCUT2D eigenvalue weighted by atomic mass is 9.97. The average molecular weight is 542 g/mol. The van der Waals surface area contributed by atoms with Crippen molar-refractivity contribution in [2.45, 2.75) is 26.3 Å². The van der Waals surface area contributed by atoms with Gasteiger partial charge in [-0.05, 0) is 65.6 Å². The van der Waals surface area contributed by atoms with Crippen LogP contribution in [-0.2, 0) is 19.4 Å². The van der Waals surface area contributed by atoms with Gasteiger partial charge in [-0.1, -0.05) is 31.7 Å². The van der Waals surface area contributed by atoms with Crippen LogP contribution in [0.1, 0.15) is 50.0 Å². The Kier molecular flexibility index (Phi) is 7.29. The lowest BCUT2D eigenvalue weighted by Gasteiger charge is -2.20. The van der Waals surface area contributed by atoms with E-state index in [-0.39, 0.29) is 48.6 Å². The summed E-state index contributed by atoms with van der Waals surface area (Å²) in [5, 5.41) is 20.2. The van der Waals surface area contributed by atoms with Crippen LogP contribution in [0.2, 0.25) is 0 Å². The fraction of sp³-hybridized carbons (Fsp3) is 0.194. The molecule has 0 saturated heterocycles. The Bertz CT molecular complexity index is 1720. The van der Waals surface area contributed by atoms with Gasteiger partial charge in [0, 0.05) is 23.9 Å². The fourth-order valence-electron chi connectivity index (χ4n) is 4.99. The highest BCUT2D eigenvalue weighted by atomic mass is 16.7. The number of ether oxygens (including phenoxy) is 3. The Morgan fingerprint density at radius 3 is 2.45 bits per heavy atom. The van der Waals surface area contributed by atoms with Gasteiger partial charge in [0.15, 0.2) is 16.9 Å². The van der Waals surface area contributed by atoms with Gasteiger partial charge in [-0.3, -0.25) is 4.79 Å². The van der Waals surface area contributed by atoms with E-state index in [9.17, 15) is 24.6 Å². The predicted octanol–water partition coefficient (Wildman–Crippen LogP) is 4.89. The van der Waals surface area contributed by atoms with Gasteiger partial charge in [-0.15, -0.1) is 0 Å². The topological polar surface area (TPSA) is 124 Å². The van der Waals surface area contributed by atoms with Crippen LogP contribution in [-0.4, -0.2) is 40.1 Å². The van der Waals surface area contributed by atoms with E-state index in [1.54, 1.807) is 41.0 Å². The molecule has 2 heterocycles. The number of rotatable bonds is 10. The van der Waals surface area contributed by atoms with Gasteiger partial charge in [0.2, 0.25) is 6.79 Å². The van der Waals surface area contributed by atoms with Gasteiger partial charge in [-0.25, -0.2) is 9.59 Å². The van der Waals surface area contributed by atoms with E-state index < -0.39 is 17.4 Å². The van der Waals surface area contributed by atoms with E-state index in [4.69, 9.17) is 14.2 Å². The van der Waals surface area contributed by atoms with Crippen LogP contribution in [0.25, 0.3) is 10.9 Å². The lowest BCUT2D eigenvalue weighted by molar-refractivity contribution is 0.0677. The summed E-state index contributed by atoms with van der Waals surface area (Å²) in [5.41, 5.74) is 2.16. The number of nitrogens with zero attached hydrogens (tertiary/aromatic N) is 1. The second-order valence-electron chi connectivity index (χ2n) is 9.34. The predicted molar refractivity (Wildman–Crippen MR) is 148 cm³/mol. The van der Waals surface area contributed by atoms with E-state index in [2.05, 4.69) is 6.58 Å². The highest BCUT2D eigenvalue weighted by Gasteiger charge is 2.25. The number of carbonyl (C=O) groups is 2. The number of aryl methyl sites for hydroxylation is 1. The zero-order valence-corrected chi connectivity index (χ0v) is 21.8. The molecule has 0 atom stereocenters. The average Bonchev–Trinajstić information content (AvgIpc) is 3.41. The molecule has 1 aliphatic heterocycles. The molecule has 0 unspecified atom stereocenters. The molecule has 0 aliphatic carbocycles. The van der Waals surface area contributed by atoms with Crippen molar-refractivity contribution in [3.63, 3.8) is 0 Å². The summed E-state index contributed by atoms with van der Waals surface area (Å²) in [5.74, 6) is -0.744. The summed E-state index contributed by atoms with van der Waals surface area (Å²) in [6.45, 7) is 6.13. The number of hydrogen-bond donors (Lipinski definition) is 2. The monoisotopic (exact) mass is 541 g/mol. The van der Waals surface area contributed by atoms with Gasteiger partial charge in [0.1, 0.15) is 18.1 Å². The van der Waals surface area contributed by atoms with Crippen molar-refractivity contribution in [3.05, 3.63) is 111 Å². The molecule has 0 radical (unpaired) electrons. The maximum atomic E-state index is 13.9. The van der Waals surface area contributed by atoms with E-state index in [0.717, 1.165) is 11.1 Å². The second-order valence-corrected chi connectivity index (χ2v) is 9.34. The Hall–Kier alpha value is -5.05. The molecular weight excluding hydrogens is 514 g/mol. The first-order valence-electron chi connectivity index (χ1n) is 12.7. The summed E-state index contributed by atoms with van der Waals surface area (Å²) in [7, 11) is 0. The Balaban J connectivity index is 1.75. The minimum Gasteiger partial charge on any atom is -0.490 e. The number of aromatic carboxylic acids is 2. The molecule has 0 bridgehead atoms. The molecule has 9 nitrogen and oxygen atoms in total. The number of aromatic nitrogens is 1. The summed E-state index contributed by atoms with van der Waals surface area (Å²) in [6, 6.07) is 14.8. The summed E-state index contributed by atoms with van der Waals surface area (Å²) in [4.78, 5) is 38.2. The molecule has 5 rings (SSSR count). The number of fused-ring (bicyclic) bond motifs is 2. The van der Waals surface area contributed by atoms with E-state index in [1.165, 1.54) is 12.1 Å². The molecule has 0 saturated carbocycles. The third-order valence-electron chi connectivity index (χ3n) is 6.86. The van der Waals surface area contributed by atoms with E-state index in [0.29, 0.717) is 34.7 Å². The Morgan fingerprint density at radius 2 is 1.77 bits per heavy atom. The highest BCUT2D eigenvalue weighted by Crippen LogP contribution is 2.36. The van der Waals surface area contributed by atoms with Crippen molar-refractivity contribution in [2.75, 3.05) is 13.4 Å². The Labute approximate surface area is 229 Å². The van der Waals surface area contributed by atoms with Crippen LogP contribution in [0.3, 0.4) is 0 Å². The molecule has 0 spiro atoms. The summed E-state index contributed by atoms with van der Waals surface area (Å²) < 4.78 is 18.4. The molecule has 2 N–H and O–H groups in total. The standard InChI is InChI=1S/C31H27NO8/c1-3-10-38-22-8-9-25-23(15-22)29(33)24(12-18-6-5-7-20(11-18)30(34)35)28(31(36)37)32(25)16-21-14-27-26(39-17-40-27)13-19(21)4-2/h3,5-9,11,13-15H,1,4,10,12,16-17H2,2H3,(H,34,35)(H,36,37). The van der Waals surface area contributed by atoms with Gasteiger partial charge in [0.05, 0.1) is 11.1 Å². The third-order valence-corrected chi connectivity index (χ3v) is 6.86. The number of benzene rings is 3. The van der Waals surface area contributed by atoms with Crippen LogP contribution < -0.4 is 19.6 Å². The summed E-state index contributed by atoms with van der Waals surface area (Å²) in [6.07, 6.45) is 2.18. The zero-order valence-electron chi connectivity index (χ0n) is 21.8. The molecule has 3 aromatic carbocycles. The van der Waals surface area contributed by atoms with Crippen molar-refractivity contribution < 1.29 is 34.0 Å². The van der Waals surface area contributed by atoms with Crippen LogP contribution >= 0.6 is 0 Å². The zero-order chi connectivity index (χ0) is 28.4. The molecule has 204 valence electrons. The third kappa shape index (κ3) is 5.01. The summed E-state index contributed by atoms with van der Waals surface area (Å²) >= 11 is 0. The first-order valence-corrected chi connectivity index (χ1v) is 12.7. The van der Waals surface area contributed by atoms with Crippen molar-refractivity contribution >= 4 is 22.8 Å². The molecule has 40 heavy (non-hydrogen) atoms. The van der Waals surface area contributed by atoms with Crippen LogP contribution in [0, 0.1) is 0 Å². The van der Waals surface area contributed by atoms with Crippen molar-refractivity contribution in [1.29, 1.82) is 0 Å². The van der Waals surface area contributed by atoms with Crippen LogP contribution in [0.5, 0.6) is 17.2 Å². The molecule has 0 amide bonds. The van der Waals surface area contributed by atoms with Gasteiger partial charge in [0.25, 0.3) is 0 Å². The number of carboxylic acid groups (broad SMARTS) is 2. The number of hydrogen-bond acceptors (Lipinski definition) is 6. The molecular formula is C31H27NO8. The maximum absolute atomic E-state index is 13.9. The van der Waals surface area contributed by atoms with Crippen molar-refractivity contribution in [3.8, 4) is 17.2 Å². The molecule has 1 aromatic heterocycles. The largest absolute Gasteiger partial charge is 0.490 e. The molecule has 4 aromatic rings. The number of pyridine rings is 1. The van der Waals surface area contributed by atoms with Crippen molar-refractivity contribution in [2.24, 2.45) is 0 Å². The smallest absolute Gasteiger partial charge is 0.352 e. The van der Waals surface area contributed by atoms with E-state index >= 15 is 0 Å². The second kappa shape index (κ2) is 11.0. The van der Waals surface area contributed by atoms with Gasteiger partial charge in [-0.2, -0.15) is 0 Å². The minimum absolute atomic E-state index is 0.0437. The normalized spacial score (nSPS) is 11.9. The number of carboxylic acids is 2. The quantitative estimate of drug-likeness (QED) is 0.272. The van der Waals surface area contributed by atoms with Gasteiger partial charge < -0.3 is 29.0 Å². The fourth-order valence-corrected chi connectivity index (χ4v) is 4.99.